The second kappa shape index (κ2) is 6.00. The number of hydrogen-bond acceptors (Lipinski definition) is 2. The third-order valence-electron chi connectivity index (χ3n) is 3.67. The van der Waals surface area contributed by atoms with Crippen LogP contribution in [0, 0.1) is 11.7 Å². The zero-order valence-electron chi connectivity index (χ0n) is 10.9. The Bertz CT molecular complexity index is 411. The number of piperidine rings is 1. The molecule has 1 aromatic carbocycles. The van der Waals surface area contributed by atoms with Gasteiger partial charge in [-0.3, -0.25) is 0 Å². The van der Waals surface area contributed by atoms with E-state index < -0.39 is 0 Å². The largest absolute Gasteiger partial charge is 0.310 e. The number of halogens is 2. The number of rotatable bonds is 3. The fourth-order valence-corrected chi connectivity index (χ4v) is 2.76. The average Bonchev–Trinajstić information content (AvgIpc) is 2.32. The Kier molecular flexibility index (Phi) is 4.60. The number of hydrogen-bond donors (Lipinski definition) is 1. The molecule has 1 N–H and O–H groups in total. The SMILES string of the molecule is CC1CN(C)CCC1NCc1cc(F)ccc1Cl. The van der Waals surface area contributed by atoms with Crippen molar-refractivity contribution in [1.29, 1.82) is 0 Å². The van der Waals surface area contributed by atoms with Gasteiger partial charge in [0, 0.05) is 24.2 Å². The fourth-order valence-electron chi connectivity index (χ4n) is 2.58. The van der Waals surface area contributed by atoms with E-state index in [1.165, 1.54) is 12.1 Å². The second-order valence-electron chi connectivity index (χ2n) is 5.25. The molecule has 100 valence electrons. The van der Waals surface area contributed by atoms with Crippen LogP contribution in [-0.4, -0.2) is 31.1 Å². The Morgan fingerprint density at radius 3 is 3.00 bits per heavy atom. The summed E-state index contributed by atoms with van der Waals surface area (Å²) in [6.07, 6.45) is 1.13. The summed E-state index contributed by atoms with van der Waals surface area (Å²) in [6.45, 7) is 5.10. The molecule has 2 unspecified atom stereocenters. The molecule has 0 spiro atoms. The Morgan fingerprint density at radius 1 is 1.50 bits per heavy atom. The van der Waals surface area contributed by atoms with Crippen molar-refractivity contribution in [2.45, 2.75) is 25.9 Å². The van der Waals surface area contributed by atoms with E-state index in [1.54, 1.807) is 6.07 Å². The van der Waals surface area contributed by atoms with Crippen molar-refractivity contribution < 1.29 is 4.39 Å². The van der Waals surface area contributed by atoms with Gasteiger partial charge in [-0.1, -0.05) is 18.5 Å². The zero-order valence-corrected chi connectivity index (χ0v) is 11.7. The predicted octanol–water partition coefficient (Wildman–Crippen LogP) is 2.91. The molecule has 4 heteroatoms. The molecule has 1 fully saturated rings. The summed E-state index contributed by atoms with van der Waals surface area (Å²) in [7, 11) is 2.15. The lowest BCUT2D eigenvalue weighted by Crippen LogP contribution is -2.46. The van der Waals surface area contributed by atoms with Crippen molar-refractivity contribution >= 4 is 11.6 Å². The lowest BCUT2D eigenvalue weighted by atomic mass is 9.94. The highest BCUT2D eigenvalue weighted by Gasteiger charge is 2.23. The second-order valence-corrected chi connectivity index (χ2v) is 5.66. The van der Waals surface area contributed by atoms with Crippen LogP contribution in [0.1, 0.15) is 18.9 Å². The summed E-state index contributed by atoms with van der Waals surface area (Å²) in [5, 5.41) is 4.13. The molecular formula is C14H20ClFN2. The maximum absolute atomic E-state index is 13.1. The molecule has 0 saturated carbocycles. The lowest BCUT2D eigenvalue weighted by Gasteiger charge is -2.35. The number of nitrogens with zero attached hydrogens (tertiary/aromatic N) is 1. The smallest absolute Gasteiger partial charge is 0.123 e. The van der Waals surface area contributed by atoms with Gasteiger partial charge >= 0.3 is 0 Å². The van der Waals surface area contributed by atoms with E-state index in [-0.39, 0.29) is 5.82 Å². The Balaban J connectivity index is 1.93. The summed E-state index contributed by atoms with van der Waals surface area (Å²) in [5.74, 6) is 0.378. The first-order valence-corrected chi connectivity index (χ1v) is 6.80. The highest BCUT2D eigenvalue weighted by molar-refractivity contribution is 6.31. The van der Waals surface area contributed by atoms with Crippen LogP contribution in [0.3, 0.4) is 0 Å². The van der Waals surface area contributed by atoms with Gasteiger partial charge in [0.1, 0.15) is 5.82 Å². The molecule has 0 radical (unpaired) electrons. The zero-order chi connectivity index (χ0) is 13.1. The van der Waals surface area contributed by atoms with E-state index in [9.17, 15) is 4.39 Å². The molecule has 1 aliphatic rings. The van der Waals surface area contributed by atoms with Gasteiger partial charge < -0.3 is 10.2 Å². The topological polar surface area (TPSA) is 15.3 Å². The highest BCUT2D eigenvalue weighted by Crippen LogP contribution is 2.19. The normalized spacial score (nSPS) is 25.3. The van der Waals surface area contributed by atoms with Crippen LogP contribution >= 0.6 is 11.6 Å². The Hall–Kier alpha value is -0.640. The monoisotopic (exact) mass is 270 g/mol. The van der Waals surface area contributed by atoms with E-state index in [0.717, 1.165) is 25.1 Å². The minimum absolute atomic E-state index is 0.229. The van der Waals surface area contributed by atoms with Gasteiger partial charge in [-0.05, 0) is 49.7 Å². The quantitative estimate of drug-likeness (QED) is 0.909. The van der Waals surface area contributed by atoms with Gasteiger partial charge in [0.25, 0.3) is 0 Å². The lowest BCUT2D eigenvalue weighted by molar-refractivity contribution is 0.174. The molecule has 2 rings (SSSR count). The minimum atomic E-state index is -0.229. The van der Waals surface area contributed by atoms with Crippen molar-refractivity contribution in [3.05, 3.63) is 34.6 Å². The number of nitrogens with one attached hydrogen (secondary N) is 1. The van der Waals surface area contributed by atoms with Crippen LogP contribution in [0.15, 0.2) is 18.2 Å². The third kappa shape index (κ3) is 3.44. The van der Waals surface area contributed by atoms with Crippen LogP contribution in [0.2, 0.25) is 5.02 Å². The molecule has 0 amide bonds. The highest BCUT2D eigenvalue weighted by atomic mass is 35.5. The summed E-state index contributed by atoms with van der Waals surface area (Å²) >= 11 is 6.06. The maximum atomic E-state index is 13.1. The summed E-state index contributed by atoms with van der Waals surface area (Å²) in [4.78, 5) is 2.35. The molecule has 2 nitrogen and oxygen atoms in total. The van der Waals surface area contributed by atoms with Crippen molar-refractivity contribution in [1.82, 2.24) is 10.2 Å². The van der Waals surface area contributed by atoms with Crippen LogP contribution in [-0.2, 0) is 6.54 Å². The standard InChI is InChI=1S/C14H20ClFN2/c1-10-9-18(2)6-5-14(10)17-8-11-7-12(16)3-4-13(11)15/h3-4,7,10,14,17H,5-6,8-9H2,1-2H3. The molecule has 1 heterocycles. The van der Waals surface area contributed by atoms with Crippen molar-refractivity contribution in [2.24, 2.45) is 5.92 Å². The first kappa shape index (κ1) is 13.8. The summed E-state index contributed by atoms with van der Waals surface area (Å²) < 4.78 is 13.1. The molecule has 1 saturated heterocycles. The van der Waals surface area contributed by atoms with Crippen LogP contribution in [0.5, 0.6) is 0 Å². The van der Waals surface area contributed by atoms with Crippen molar-refractivity contribution in [3.8, 4) is 0 Å². The van der Waals surface area contributed by atoms with E-state index >= 15 is 0 Å². The molecule has 1 aromatic rings. The first-order chi connectivity index (χ1) is 8.56. The average molecular weight is 271 g/mol. The van der Waals surface area contributed by atoms with E-state index in [1.807, 2.05) is 0 Å². The Morgan fingerprint density at radius 2 is 2.28 bits per heavy atom. The summed E-state index contributed by atoms with van der Waals surface area (Å²) in [6, 6.07) is 5.01. The van der Waals surface area contributed by atoms with Gasteiger partial charge in [0.15, 0.2) is 0 Å². The van der Waals surface area contributed by atoms with Gasteiger partial charge in [-0.2, -0.15) is 0 Å². The number of likely N-dealkylation sites (tertiary alicyclic amines) is 1. The molecule has 0 aromatic heterocycles. The molecule has 18 heavy (non-hydrogen) atoms. The Labute approximate surface area is 113 Å². The molecule has 0 aliphatic carbocycles. The molecule has 2 atom stereocenters. The van der Waals surface area contributed by atoms with Crippen LogP contribution in [0.25, 0.3) is 0 Å². The minimum Gasteiger partial charge on any atom is -0.310 e. The first-order valence-electron chi connectivity index (χ1n) is 6.42. The molecular weight excluding hydrogens is 251 g/mol. The van der Waals surface area contributed by atoms with Gasteiger partial charge in [-0.15, -0.1) is 0 Å². The molecule has 0 bridgehead atoms. The molecule has 1 aliphatic heterocycles. The van der Waals surface area contributed by atoms with Crippen molar-refractivity contribution in [3.63, 3.8) is 0 Å². The van der Waals surface area contributed by atoms with Gasteiger partial charge in [0.05, 0.1) is 0 Å². The van der Waals surface area contributed by atoms with Gasteiger partial charge in [-0.25, -0.2) is 4.39 Å². The van der Waals surface area contributed by atoms with Crippen LogP contribution < -0.4 is 5.32 Å². The fraction of sp³-hybridized carbons (Fsp3) is 0.571. The van der Waals surface area contributed by atoms with E-state index in [2.05, 4.69) is 24.2 Å². The van der Waals surface area contributed by atoms with E-state index in [0.29, 0.717) is 23.5 Å². The van der Waals surface area contributed by atoms with Gasteiger partial charge in [0.2, 0.25) is 0 Å². The number of benzene rings is 1. The predicted molar refractivity (Wildman–Crippen MR) is 73.3 cm³/mol. The van der Waals surface area contributed by atoms with Crippen LogP contribution in [0.4, 0.5) is 4.39 Å². The van der Waals surface area contributed by atoms with Crippen molar-refractivity contribution in [2.75, 3.05) is 20.1 Å². The third-order valence-corrected chi connectivity index (χ3v) is 4.04. The summed E-state index contributed by atoms with van der Waals surface area (Å²) in [5.41, 5.74) is 0.836. The maximum Gasteiger partial charge on any atom is 0.123 e. The van der Waals surface area contributed by atoms with E-state index in [4.69, 9.17) is 11.6 Å².